The minimum absolute atomic E-state index is 0.189. The molecule has 14 heavy (non-hydrogen) atoms. The van der Waals surface area contributed by atoms with Crippen LogP contribution < -0.4 is 10.4 Å². The quantitative estimate of drug-likeness (QED) is 0.671. The summed E-state index contributed by atoms with van der Waals surface area (Å²) in [6.07, 6.45) is 0.189. The van der Waals surface area contributed by atoms with Gasteiger partial charge >= 0.3 is 0 Å². The van der Waals surface area contributed by atoms with E-state index in [9.17, 15) is 14.7 Å². The molecule has 0 aliphatic carbocycles. The highest BCUT2D eigenvalue weighted by Crippen LogP contribution is 1.98. The third-order valence-corrected chi connectivity index (χ3v) is 1.64. The fourth-order valence-corrected chi connectivity index (χ4v) is 1.01. The first-order chi connectivity index (χ1) is 6.68. The number of carboxylic acid groups (broad SMARTS) is 1. The van der Waals surface area contributed by atoms with E-state index in [1.807, 2.05) is 18.2 Å². The Morgan fingerprint density at radius 3 is 2.43 bits per heavy atom. The average molecular weight is 192 g/mol. The fourth-order valence-electron chi connectivity index (χ4n) is 1.01. The summed E-state index contributed by atoms with van der Waals surface area (Å²) in [5.74, 6) is -1.60. The lowest BCUT2D eigenvalue weighted by atomic mass is 10.1. The van der Waals surface area contributed by atoms with E-state index < -0.39 is 12.5 Å². The number of hydrogen-bond acceptors (Lipinski definition) is 3. The van der Waals surface area contributed by atoms with E-state index in [2.05, 4.69) is 5.32 Å². The Labute approximate surface area is 81.6 Å². The van der Waals surface area contributed by atoms with Crippen molar-refractivity contribution in [2.75, 3.05) is 6.54 Å². The molecule has 0 saturated carbocycles. The van der Waals surface area contributed by atoms with Gasteiger partial charge in [-0.1, -0.05) is 30.3 Å². The topological polar surface area (TPSA) is 69.2 Å². The van der Waals surface area contributed by atoms with Gasteiger partial charge in [0.15, 0.2) is 0 Å². The van der Waals surface area contributed by atoms with Crippen LogP contribution in [0.4, 0.5) is 0 Å². The van der Waals surface area contributed by atoms with Crippen molar-refractivity contribution in [3.8, 4) is 0 Å². The molecule has 4 heteroatoms. The largest absolute Gasteiger partial charge is 0.548 e. The lowest BCUT2D eigenvalue weighted by Gasteiger charge is -2.05. The van der Waals surface area contributed by atoms with Crippen molar-refractivity contribution < 1.29 is 14.7 Å². The van der Waals surface area contributed by atoms with E-state index in [0.29, 0.717) is 0 Å². The first-order valence-electron chi connectivity index (χ1n) is 4.19. The molecule has 1 amide bonds. The van der Waals surface area contributed by atoms with E-state index in [1.54, 1.807) is 12.1 Å². The Morgan fingerprint density at radius 1 is 1.21 bits per heavy atom. The van der Waals surface area contributed by atoms with Crippen LogP contribution in [-0.2, 0) is 16.0 Å². The molecule has 0 heterocycles. The Hall–Kier alpha value is -1.84. The molecule has 1 rings (SSSR count). The molecular formula is C10H10NO3-. The molecule has 0 bridgehead atoms. The van der Waals surface area contributed by atoms with Crippen molar-refractivity contribution in [3.63, 3.8) is 0 Å². The van der Waals surface area contributed by atoms with Crippen LogP contribution in [0.5, 0.6) is 0 Å². The van der Waals surface area contributed by atoms with E-state index in [0.717, 1.165) is 5.56 Å². The highest BCUT2D eigenvalue weighted by atomic mass is 16.4. The van der Waals surface area contributed by atoms with Gasteiger partial charge in [0.1, 0.15) is 0 Å². The molecule has 0 saturated heterocycles. The normalized spacial score (nSPS) is 9.43. The zero-order valence-electron chi connectivity index (χ0n) is 7.53. The third-order valence-electron chi connectivity index (χ3n) is 1.64. The maximum absolute atomic E-state index is 11.1. The molecule has 0 aliphatic heterocycles. The van der Waals surface area contributed by atoms with Crippen LogP contribution in [0.1, 0.15) is 5.56 Å². The minimum atomic E-state index is -1.29. The van der Waals surface area contributed by atoms with Gasteiger partial charge in [-0.05, 0) is 5.56 Å². The predicted octanol–water partition coefficient (Wildman–Crippen LogP) is -0.905. The monoisotopic (exact) mass is 192 g/mol. The second kappa shape index (κ2) is 5.01. The van der Waals surface area contributed by atoms with Crippen LogP contribution in [-0.4, -0.2) is 18.4 Å². The van der Waals surface area contributed by atoms with Crippen molar-refractivity contribution in [1.82, 2.24) is 5.32 Å². The summed E-state index contributed by atoms with van der Waals surface area (Å²) in [5.41, 5.74) is 0.850. The summed E-state index contributed by atoms with van der Waals surface area (Å²) in [6, 6.07) is 9.10. The number of carbonyl (C=O) groups is 2. The van der Waals surface area contributed by atoms with Crippen LogP contribution in [0.25, 0.3) is 0 Å². The maximum Gasteiger partial charge on any atom is 0.224 e. The molecule has 0 aromatic heterocycles. The molecule has 0 radical (unpaired) electrons. The van der Waals surface area contributed by atoms with Gasteiger partial charge in [-0.15, -0.1) is 0 Å². The summed E-state index contributed by atoms with van der Waals surface area (Å²) in [4.78, 5) is 21.1. The maximum atomic E-state index is 11.1. The lowest BCUT2D eigenvalue weighted by molar-refractivity contribution is -0.304. The lowest BCUT2D eigenvalue weighted by Crippen LogP contribution is -2.38. The smallest absolute Gasteiger partial charge is 0.224 e. The summed E-state index contributed by atoms with van der Waals surface area (Å²) in [6.45, 7) is -0.439. The van der Waals surface area contributed by atoms with Gasteiger partial charge in [0, 0.05) is 0 Å². The second-order valence-corrected chi connectivity index (χ2v) is 2.81. The van der Waals surface area contributed by atoms with Gasteiger partial charge in [0.25, 0.3) is 0 Å². The number of benzene rings is 1. The molecule has 4 nitrogen and oxygen atoms in total. The molecule has 1 N–H and O–H groups in total. The predicted molar refractivity (Wildman–Crippen MR) is 48.2 cm³/mol. The number of hydrogen-bond donors (Lipinski definition) is 1. The van der Waals surface area contributed by atoms with Crippen molar-refractivity contribution >= 4 is 11.9 Å². The van der Waals surface area contributed by atoms with Crippen molar-refractivity contribution in [3.05, 3.63) is 35.9 Å². The zero-order valence-corrected chi connectivity index (χ0v) is 7.53. The van der Waals surface area contributed by atoms with Gasteiger partial charge in [-0.25, -0.2) is 0 Å². The highest BCUT2D eigenvalue weighted by Gasteiger charge is 2.01. The van der Waals surface area contributed by atoms with E-state index in [-0.39, 0.29) is 12.3 Å². The molecule has 0 atom stereocenters. The standard InChI is InChI=1S/C10H11NO3/c12-9(11-7-10(13)14)6-8-4-2-1-3-5-8/h1-5H,6-7H2,(H,11,12)(H,13,14)/p-1. The Bertz CT molecular complexity index is 321. The second-order valence-electron chi connectivity index (χ2n) is 2.81. The molecule has 0 spiro atoms. The first kappa shape index (κ1) is 10.2. The fraction of sp³-hybridized carbons (Fsp3) is 0.200. The van der Waals surface area contributed by atoms with Crippen LogP contribution >= 0.6 is 0 Å². The van der Waals surface area contributed by atoms with E-state index in [4.69, 9.17) is 0 Å². The van der Waals surface area contributed by atoms with Gasteiger partial charge in [0.2, 0.25) is 5.91 Å². The van der Waals surface area contributed by atoms with Gasteiger partial charge in [0.05, 0.1) is 18.9 Å². The molecule has 0 unspecified atom stereocenters. The van der Waals surface area contributed by atoms with E-state index in [1.165, 1.54) is 0 Å². The molecule has 74 valence electrons. The summed E-state index contributed by atoms with van der Waals surface area (Å²) in [7, 11) is 0. The third kappa shape index (κ3) is 3.71. The number of nitrogens with one attached hydrogen (secondary N) is 1. The van der Waals surface area contributed by atoms with Crippen molar-refractivity contribution in [2.24, 2.45) is 0 Å². The van der Waals surface area contributed by atoms with Crippen LogP contribution in [0.2, 0.25) is 0 Å². The first-order valence-corrected chi connectivity index (χ1v) is 4.19. The number of carboxylic acids is 1. The molecule has 0 aliphatic rings. The summed E-state index contributed by atoms with van der Waals surface area (Å²) >= 11 is 0. The Morgan fingerprint density at radius 2 is 1.86 bits per heavy atom. The van der Waals surface area contributed by atoms with Gasteiger partial charge < -0.3 is 15.2 Å². The number of rotatable bonds is 4. The molecule has 1 aromatic rings. The van der Waals surface area contributed by atoms with Crippen molar-refractivity contribution in [1.29, 1.82) is 0 Å². The molecule has 1 aromatic carbocycles. The van der Waals surface area contributed by atoms with Crippen molar-refractivity contribution in [2.45, 2.75) is 6.42 Å². The average Bonchev–Trinajstić information content (AvgIpc) is 2.16. The van der Waals surface area contributed by atoms with Gasteiger partial charge in [-0.3, -0.25) is 4.79 Å². The minimum Gasteiger partial charge on any atom is -0.548 e. The summed E-state index contributed by atoms with van der Waals surface area (Å²) < 4.78 is 0. The van der Waals surface area contributed by atoms with Crippen LogP contribution in [0.3, 0.4) is 0 Å². The SMILES string of the molecule is O=C([O-])CNC(=O)Cc1ccccc1. The zero-order chi connectivity index (χ0) is 10.4. The molecular weight excluding hydrogens is 182 g/mol. The Kier molecular flexibility index (Phi) is 3.67. The molecule has 0 fully saturated rings. The summed E-state index contributed by atoms with van der Waals surface area (Å²) in [5, 5.41) is 12.3. The number of amides is 1. The highest BCUT2D eigenvalue weighted by molar-refractivity contribution is 5.82. The van der Waals surface area contributed by atoms with Crippen LogP contribution in [0.15, 0.2) is 30.3 Å². The van der Waals surface area contributed by atoms with Gasteiger partial charge in [-0.2, -0.15) is 0 Å². The number of aliphatic carboxylic acids is 1. The van der Waals surface area contributed by atoms with E-state index >= 15 is 0 Å². The number of carbonyl (C=O) groups excluding carboxylic acids is 2. The Balaban J connectivity index is 2.38. The van der Waals surface area contributed by atoms with Crippen LogP contribution in [0, 0.1) is 0 Å².